The largest absolute Gasteiger partial charge is 0.397 e. The molecule has 98 valence electrons. The van der Waals surface area contributed by atoms with Gasteiger partial charge in [-0.1, -0.05) is 0 Å². The van der Waals surface area contributed by atoms with Crippen molar-refractivity contribution in [3.63, 3.8) is 0 Å². The van der Waals surface area contributed by atoms with Gasteiger partial charge < -0.3 is 16.4 Å². The van der Waals surface area contributed by atoms with E-state index in [1.807, 2.05) is 31.4 Å². The lowest BCUT2D eigenvalue weighted by molar-refractivity contribution is -0.115. The molecule has 1 amide bonds. The zero-order chi connectivity index (χ0) is 13.4. The van der Waals surface area contributed by atoms with E-state index in [9.17, 15) is 4.79 Å². The summed E-state index contributed by atoms with van der Waals surface area (Å²) in [6, 6.07) is 5.66. The smallest absolute Gasteiger partial charge is 0.228 e. The first-order valence-electron chi connectivity index (χ1n) is 6.06. The molecule has 4 N–H and O–H groups in total. The van der Waals surface area contributed by atoms with Crippen molar-refractivity contribution in [2.24, 2.45) is 7.05 Å². The quantitative estimate of drug-likeness (QED) is 0.719. The summed E-state index contributed by atoms with van der Waals surface area (Å²) in [5.74, 6) is 0.0104. The number of nitrogen functional groups attached to an aromatic ring is 1. The van der Waals surface area contributed by atoms with Gasteiger partial charge in [0.1, 0.15) is 0 Å². The van der Waals surface area contributed by atoms with Crippen LogP contribution in [0.4, 0.5) is 17.1 Å². The Kier molecular flexibility index (Phi) is 2.63. The number of anilines is 3. The number of nitrogens with one attached hydrogen (secondary N) is 2. The number of aromatic nitrogens is 2. The summed E-state index contributed by atoms with van der Waals surface area (Å²) in [4.78, 5) is 11.3. The lowest BCUT2D eigenvalue weighted by atomic mass is 10.1. The molecule has 2 heterocycles. The van der Waals surface area contributed by atoms with Crippen molar-refractivity contribution < 1.29 is 4.79 Å². The van der Waals surface area contributed by atoms with Crippen molar-refractivity contribution in [1.29, 1.82) is 0 Å². The Morgan fingerprint density at radius 1 is 1.53 bits per heavy atom. The summed E-state index contributed by atoms with van der Waals surface area (Å²) in [6.07, 6.45) is 2.29. The standard InChI is InChI=1S/C13H15N5O/c1-18-3-2-9(17-18)7-15-12-6-11-8(4-10(12)14)5-13(19)16-11/h2-4,6,15H,5,7,14H2,1H3,(H,16,19). The third-order valence-corrected chi connectivity index (χ3v) is 3.13. The van der Waals surface area contributed by atoms with E-state index >= 15 is 0 Å². The summed E-state index contributed by atoms with van der Waals surface area (Å²) in [5.41, 5.74) is 10.2. The number of benzene rings is 1. The highest BCUT2D eigenvalue weighted by molar-refractivity contribution is 6.00. The van der Waals surface area contributed by atoms with E-state index < -0.39 is 0 Å². The van der Waals surface area contributed by atoms with E-state index in [4.69, 9.17) is 5.73 Å². The summed E-state index contributed by atoms with van der Waals surface area (Å²) < 4.78 is 1.75. The molecule has 1 aromatic carbocycles. The highest BCUT2D eigenvalue weighted by Gasteiger charge is 2.19. The average Bonchev–Trinajstić information content (AvgIpc) is 2.91. The van der Waals surface area contributed by atoms with Crippen LogP contribution >= 0.6 is 0 Å². The molecule has 0 bridgehead atoms. The maximum atomic E-state index is 11.3. The van der Waals surface area contributed by atoms with Crippen LogP contribution in [0.3, 0.4) is 0 Å². The highest BCUT2D eigenvalue weighted by Crippen LogP contribution is 2.31. The molecule has 0 saturated carbocycles. The molecular weight excluding hydrogens is 242 g/mol. The summed E-state index contributed by atoms with van der Waals surface area (Å²) in [7, 11) is 1.88. The van der Waals surface area contributed by atoms with Gasteiger partial charge in [-0.2, -0.15) is 5.10 Å². The second-order valence-electron chi connectivity index (χ2n) is 4.66. The highest BCUT2D eigenvalue weighted by atomic mass is 16.1. The number of aryl methyl sites for hydroxylation is 1. The van der Waals surface area contributed by atoms with E-state index in [1.165, 1.54) is 0 Å². The summed E-state index contributed by atoms with van der Waals surface area (Å²) in [6.45, 7) is 0.595. The van der Waals surface area contributed by atoms with Crippen molar-refractivity contribution in [3.05, 3.63) is 35.7 Å². The van der Waals surface area contributed by atoms with Crippen molar-refractivity contribution >= 4 is 23.0 Å². The van der Waals surface area contributed by atoms with Gasteiger partial charge >= 0.3 is 0 Å². The fourth-order valence-corrected chi connectivity index (χ4v) is 2.19. The van der Waals surface area contributed by atoms with Crippen LogP contribution < -0.4 is 16.4 Å². The Hall–Kier alpha value is -2.50. The van der Waals surface area contributed by atoms with Crippen molar-refractivity contribution in [2.45, 2.75) is 13.0 Å². The lowest BCUT2D eigenvalue weighted by Gasteiger charge is -2.10. The van der Waals surface area contributed by atoms with Gasteiger partial charge in [-0.05, 0) is 23.8 Å². The molecule has 6 heteroatoms. The van der Waals surface area contributed by atoms with E-state index in [1.54, 1.807) is 4.68 Å². The predicted molar refractivity (Wildman–Crippen MR) is 73.7 cm³/mol. The third kappa shape index (κ3) is 2.24. The van der Waals surface area contributed by atoms with Gasteiger partial charge in [0, 0.05) is 18.9 Å². The predicted octanol–water partition coefficient (Wildman–Crippen LogP) is 1.11. The van der Waals surface area contributed by atoms with Crippen LogP contribution in [0.1, 0.15) is 11.3 Å². The monoisotopic (exact) mass is 257 g/mol. The molecular formula is C13H15N5O. The summed E-state index contributed by atoms with van der Waals surface area (Å²) in [5, 5.41) is 10.3. The SMILES string of the molecule is Cn1ccc(CNc2cc3c(cc2N)CC(=O)N3)n1. The van der Waals surface area contributed by atoms with E-state index in [0.717, 1.165) is 22.6 Å². The van der Waals surface area contributed by atoms with Crippen LogP contribution in [-0.2, 0) is 24.8 Å². The van der Waals surface area contributed by atoms with Crippen LogP contribution in [0, 0.1) is 0 Å². The van der Waals surface area contributed by atoms with Crippen LogP contribution in [-0.4, -0.2) is 15.7 Å². The van der Waals surface area contributed by atoms with Crippen molar-refractivity contribution in [2.75, 3.05) is 16.4 Å². The molecule has 2 aromatic rings. The second-order valence-corrected chi connectivity index (χ2v) is 4.66. The Balaban J connectivity index is 1.78. The van der Waals surface area contributed by atoms with Gasteiger partial charge in [-0.15, -0.1) is 0 Å². The molecule has 0 saturated heterocycles. The molecule has 3 rings (SSSR count). The normalized spacial score (nSPS) is 13.2. The molecule has 1 aromatic heterocycles. The maximum Gasteiger partial charge on any atom is 0.228 e. The first-order valence-corrected chi connectivity index (χ1v) is 6.06. The molecule has 0 radical (unpaired) electrons. The van der Waals surface area contributed by atoms with Gasteiger partial charge in [0.25, 0.3) is 0 Å². The Labute approximate surface area is 110 Å². The first-order chi connectivity index (χ1) is 9.11. The lowest BCUT2D eigenvalue weighted by Crippen LogP contribution is -2.05. The van der Waals surface area contributed by atoms with Crippen molar-refractivity contribution in [1.82, 2.24) is 9.78 Å². The van der Waals surface area contributed by atoms with E-state index in [0.29, 0.717) is 18.7 Å². The Morgan fingerprint density at radius 3 is 3.11 bits per heavy atom. The molecule has 6 nitrogen and oxygen atoms in total. The second kappa shape index (κ2) is 4.31. The molecule has 0 unspecified atom stereocenters. The van der Waals surface area contributed by atoms with E-state index in [-0.39, 0.29) is 5.91 Å². The van der Waals surface area contributed by atoms with Gasteiger partial charge in [0.05, 0.1) is 30.0 Å². The number of hydrogen-bond donors (Lipinski definition) is 3. The fourth-order valence-electron chi connectivity index (χ4n) is 2.19. The Morgan fingerprint density at radius 2 is 2.37 bits per heavy atom. The number of rotatable bonds is 3. The molecule has 19 heavy (non-hydrogen) atoms. The minimum Gasteiger partial charge on any atom is -0.397 e. The van der Waals surface area contributed by atoms with Gasteiger partial charge in [-0.25, -0.2) is 0 Å². The number of nitrogens with two attached hydrogens (primary N) is 1. The fraction of sp³-hybridized carbons (Fsp3) is 0.231. The zero-order valence-corrected chi connectivity index (χ0v) is 10.6. The maximum absolute atomic E-state index is 11.3. The minimum absolute atomic E-state index is 0.0104. The van der Waals surface area contributed by atoms with E-state index in [2.05, 4.69) is 15.7 Å². The number of carbonyl (C=O) groups excluding carboxylic acids is 1. The van der Waals surface area contributed by atoms with Gasteiger partial charge in [0.2, 0.25) is 5.91 Å². The molecule has 1 aliphatic heterocycles. The topological polar surface area (TPSA) is 85.0 Å². The minimum atomic E-state index is 0.0104. The van der Waals surface area contributed by atoms with Crippen LogP contribution in [0.25, 0.3) is 0 Å². The number of nitrogens with zero attached hydrogens (tertiary/aromatic N) is 2. The van der Waals surface area contributed by atoms with Gasteiger partial charge in [0.15, 0.2) is 0 Å². The molecule has 0 spiro atoms. The first kappa shape index (κ1) is 11.6. The average molecular weight is 257 g/mol. The number of hydrogen-bond acceptors (Lipinski definition) is 4. The Bertz CT molecular complexity index is 646. The number of carbonyl (C=O) groups is 1. The number of amides is 1. The number of fused-ring (bicyclic) bond motifs is 1. The molecule has 0 atom stereocenters. The molecule has 0 aliphatic carbocycles. The third-order valence-electron chi connectivity index (χ3n) is 3.13. The van der Waals surface area contributed by atoms with Crippen LogP contribution in [0.5, 0.6) is 0 Å². The van der Waals surface area contributed by atoms with Crippen molar-refractivity contribution in [3.8, 4) is 0 Å². The zero-order valence-electron chi connectivity index (χ0n) is 10.6. The molecule has 0 fully saturated rings. The van der Waals surface area contributed by atoms with Gasteiger partial charge in [-0.3, -0.25) is 9.48 Å². The van der Waals surface area contributed by atoms with Crippen LogP contribution in [0.2, 0.25) is 0 Å². The summed E-state index contributed by atoms with van der Waals surface area (Å²) >= 11 is 0. The van der Waals surface area contributed by atoms with Crippen LogP contribution in [0.15, 0.2) is 24.4 Å². The molecule has 1 aliphatic rings.